The van der Waals surface area contributed by atoms with Crippen LogP contribution in [0.5, 0.6) is 0 Å². The van der Waals surface area contributed by atoms with E-state index < -0.39 is 0 Å². The lowest BCUT2D eigenvalue weighted by atomic mass is 10.2. The highest BCUT2D eigenvalue weighted by molar-refractivity contribution is 5.79. The second-order valence-electron chi connectivity index (χ2n) is 2.13. The van der Waals surface area contributed by atoms with E-state index in [2.05, 4.69) is 12.1 Å². The summed E-state index contributed by atoms with van der Waals surface area (Å²) < 4.78 is 4.94. The molecule has 0 aliphatic heterocycles. The standard InChI is InChI=1S/C8H6NO/c1-6-7-4-2-3-5-8(7)10-9-6/h2-5H,1H2. The van der Waals surface area contributed by atoms with Crippen LogP contribution >= 0.6 is 0 Å². The van der Waals surface area contributed by atoms with E-state index in [1.807, 2.05) is 24.3 Å². The molecule has 0 atom stereocenters. The second kappa shape index (κ2) is 1.84. The predicted octanol–water partition coefficient (Wildman–Crippen LogP) is 2.01. The SMILES string of the molecule is [CH2]c1noc2ccccc12. The number of rotatable bonds is 0. The van der Waals surface area contributed by atoms with Crippen LogP contribution in [0.1, 0.15) is 5.69 Å². The molecule has 2 rings (SSSR count). The molecule has 0 saturated carbocycles. The van der Waals surface area contributed by atoms with E-state index in [-0.39, 0.29) is 0 Å². The van der Waals surface area contributed by atoms with Gasteiger partial charge in [0.2, 0.25) is 0 Å². The van der Waals surface area contributed by atoms with E-state index in [1.54, 1.807) is 0 Å². The molecule has 0 saturated heterocycles. The molecule has 2 heteroatoms. The lowest BCUT2D eigenvalue weighted by Gasteiger charge is -1.81. The Morgan fingerprint density at radius 1 is 1.30 bits per heavy atom. The van der Waals surface area contributed by atoms with Crippen molar-refractivity contribution in [2.24, 2.45) is 0 Å². The lowest BCUT2D eigenvalue weighted by molar-refractivity contribution is 0.453. The Morgan fingerprint density at radius 2 is 2.10 bits per heavy atom. The molecule has 0 aliphatic carbocycles. The van der Waals surface area contributed by atoms with E-state index in [0.717, 1.165) is 11.0 Å². The van der Waals surface area contributed by atoms with Gasteiger partial charge in [0.05, 0.1) is 5.69 Å². The van der Waals surface area contributed by atoms with Gasteiger partial charge in [-0.3, -0.25) is 0 Å². The van der Waals surface area contributed by atoms with Crippen molar-refractivity contribution in [1.29, 1.82) is 0 Å². The fraction of sp³-hybridized carbons (Fsp3) is 0. The van der Waals surface area contributed by atoms with Crippen LogP contribution in [0.15, 0.2) is 28.8 Å². The highest BCUT2D eigenvalue weighted by atomic mass is 16.5. The molecule has 0 spiro atoms. The topological polar surface area (TPSA) is 26.0 Å². The van der Waals surface area contributed by atoms with Crippen molar-refractivity contribution in [3.63, 3.8) is 0 Å². The molecule has 2 nitrogen and oxygen atoms in total. The van der Waals surface area contributed by atoms with Crippen LogP contribution in [0.2, 0.25) is 0 Å². The normalized spacial score (nSPS) is 10.5. The predicted molar refractivity (Wildman–Crippen MR) is 38.5 cm³/mol. The molecule has 1 heterocycles. The zero-order valence-corrected chi connectivity index (χ0v) is 5.37. The molecule has 1 aromatic heterocycles. The van der Waals surface area contributed by atoms with Gasteiger partial charge >= 0.3 is 0 Å². The third-order valence-corrected chi connectivity index (χ3v) is 1.45. The lowest BCUT2D eigenvalue weighted by Crippen LogP contribution is -1.66. The van der Waals surface area contributed by atoms with E-state index in [0.29, 0.717) is 5.69 Å². The van der Waals surface area contributed by atoms with E-state index >= 15 is 0 Å². The number of hydrogen-bond acceptors (Lipinski definition) is 2. The van der Waals surface area contributed by atoms with Gasteiger partial charge in [-0.1, -0.05) is 17.3 Å². The molecule has 49 valence electrons. The van der Waals surface area contributed by atoms with Crippen molar-refractivity contribution >= 4 is 11.0 Å². The van der Waals surface area contributed by atoms with Gasteiger partial charge < -0.3 is 4.52 Å². The second-order valence-corrected chi connectivity index (χ2v) is 2.13. The Bertz CT molecular complexity index is 351. The smallest absolute Gasteiger partial charge is 0.167 e. The van der Waals surface area contributed by atoms with Gasteiger partial charge in [-0.05, 0) is 19.1 Å². The van der Waals surface area contributed by atoms with Crippen molar-refractivity contribution in [3.8, 4) is 0 Å². The maximum Gasteiger partial charge on any atom is 0.167 e. The molecular weight excluding hydrogens is 126 g/mol. The van der Waals surface area contributed by atoms with Gasteiger partial charge in [-0.15, -0.1) is 0 Å². The van der Waals surface area contributed by atoms with E-state index in [4.69, 9.17) is 4.52 Å². The Morgan fingerprint density at radius 3 is 2.90 bits per heavy atom. The molecular formula is C8H6NO. The Labute approximate surface area is 58.4 Å². The first kappa shape index (κ1) is 5.47. The van der Waals surface area contributed by atoms with Crippen LogP contribution in [0.25, 0.3) is 11.0 Å². The number of fused-ring (bicyclic) bond motifs is 1. The van der Waals surface area contributed by atoms with Crippen molar-refractivity contribution in [2.45, 2.75) is 0 Å². The van der Waals surface area contributed by atoms with Gasteiger partial charge in [0.15, 0.2) is 5.58 Å². The highest BCUT2D eigenvalue weighted by Gasteiger charge is 1.99. The summed E-state index contributed by atoms with van der Waals surface area (Å²) in [7, 11) is 0. The molecule has 0 N–H and O–H groups in total. The summed E-state index contributed by atoms with van der Waals surface area (Å²) in [4.78, 5) is 0. The summed E-state index contributed by atoms with van der Waals surface area (Å²) in [5, 5.41) is 4.70. The van der Waals surface area contributed by atoms with E-state index in [1.165, 1.54) is 0 Å². The summed E-state index contributed by atoms with van der Waals surface area (Å²) in [6.45, 7) is 3.70. The fourth-order valence-electron chi connectivity index (χ4n) is 0.938. The number of hydrogen-bond donors (Lipinski definition) is 0. The first-order chi connectivity index (χ1) is 4.88. The molecule has 1 aromatic carbocycles. The summed E-state index contributed by atoms with van der Waals surface area (Å²) in [5.74, 6) is 0. The van der Waals surface area contributed by atoms with Gasteiger partial charge in [0, 0.05) is 5.39 Å². The van der Waals surface area contributed by atoms with Gasteiger partial charge in [-0.25, -0.2) is 0 Å². The largest absolute Gasteiger partial charge is 0.356 e. The maximum absolute atomic E-state index is 4.94. The van der Waals surface area contributed by atoms with Gasteiger partial charge in [-0.2, -0.15) is 0 Å². The maximum atomic E-state index is 4.94. The van der Waals surface area contributed by atoms with Crippen molar-refractivity contribution in [2.75, 3.05) is 0 Å². The average molecular weight is 132 g/mol. The number of nitrogens with zero attached hydrogens (tertiary/aromatic N) is 1. The van der Waals surface area contributed by atoms with E-state index in [9.17, 15) is 0 Å². The molecule has 10 heavy (non-hydrogen) atoms. The minimum atomic E-state index is 0.704. The Balaban J connectivity index is 2.93. The number of aromatic nitrogens is 1. The first-order valence-corrected chi connectivity index (χ1v) is 3.04. The summed E-state index contributed by atoms with van der Waals surface area (Å²) in [5.41, 5.74) is 1.50. The minimum absolute atomic E-state index is 0.704. The summed E-state index contributed by atoms with van der Waals surface area (Å²) in [6, 6.07) is 7.66. The molecule has 1 radical (unpaired) electrons. The zero-order chi connectivity index (χ0) is 6.97. The van der Waals surface area contributed by atoms with Crippen LogP contribution in [-0.4, -0.2) is 5.16 Å². The van der Waals surface area contributed by atoms with Crippen LogP contribution in [-0.2, 0) is 0 Å². The third kappa shape index (κ3) is 0.620. The van der Waals surface area contributed by atoms with Crippen LogP contribution in [0.3, 0.4) is 0 Å². The quantitative estimate of drug-likeness (QED) is 0.548. The van der Waals surface area contributed by atoms with Crippen LogP contribution in [0, 0.1) is 6.92 Å². The van der Waals surface area contributed by atoms with Gasteiger partial charge in [0.25, 0.3) is 0 Å². The average Bonchev–Trinajstić information content (AvgIpc) is 2.34. The monoisotopic (exact) mass is 132 g/mol. The minimum Gasteiger partial charge on any atom is -0.356 e. The molecule has 0 fully saturated rings. The van der Waals surface area contributed by atoms with Crippen LogP contribution < -0.4 is 0 Å². The summed E-state index contributed by atoms with van der Waals surface area (Å²) in [6.07, 6.45) is 0. The fourth-order valence-corrected chi connectivity index (χ4v) is 0.938. The number of benzene rings is 1. The Hall–Kier alpha value is -1.31. The molecule has 0 amide bonds. The van der Waals surface area contributed by atoms with Gasteiger partial charge in [0.1, 0.15) is 0 Å². The molecule has 0 unspecified atom stereocenters. The highest BCUT2D eigenvalue weighted by Crippen LogP contribution is 2.15. The third-order valence-electron chi connectivity index (χ3n) is 1.45. The van der Waals surface area contributed by atoms with Crippen molar-refractivity contribution < 1.29 is 4.52 Å². The Kier molecular flexibility index (Phi) is 1.01. The molecule has 2 aromatic rings. The van der Waals surface area contributed by atoms with Crippen molar-refractivity contribution in [3.05, 3.63) is 36.9 Å². The molecule has 0 aliphatic rings. The first-order valence-electron chi connectivity index (χ1n) is 3.04. The van der Waals surface area contributed by atoms with Crippen molar-refractivity contribution in [1.82, 2.24) is 5.16 Å². The van der Waals surface area contributed by atoms with Crippen LogP contribution in [0.4, 0.5) is 0 Å². The zero-order valence-electron chi connectivity index (χ0n) is 5.37. The number of para-hydroxylation sites is 1. The molecule has 0 bridgehead atoms. The summed E-state index contributed by atoms with van der Waals surface area (Å²) >= 11 is 0.